The van der Waals surface area contributed by atoms with Crippen LogP contribution in [0.5, 0.6) is 0 Å². The zero-order valence-corrected chi connectivity index (χ0v) is 9.31. The van der Waals surface area contributed by atoms with Gasteiger partial charge in [0, 0.05) is 11.6 Å². The summed E-state index contributed by atoms with van der Waals surface area (Å²) in [6.45, 7) is 8.06. The Kier molecular flexibility index (Phi) is 3.41. The summed E-state index contributed by atoms with van der Waals surface area (Å²) < 4.78 is 0. The second-order valence-electron chi connectivity index (χ2n) is 3.92. The van der Waals surface area contributed by atoms with Crippen LogP contribution in [0.25, 0.3) is 0 Å². The zero-order valence-electron chi connectivity index (χ0n) is 8.50. The van der Waals surface area contributed by atoms with Crippen LogP contribution in [0.15, 0.2) is 11.6 Å². The predicted octanol–water partition coefficient (Wildman–Crippen LogP) is 2.52. The Morgan fingerprint density at radius 1 is 1.54 bits per heavy atom. The van der Waals surface area contributed by atoms with Crippen molar-refractivity contribution in [2.75, 3.05) is 0 Å². The molecule has 1 aromatic heterocycles. The number of hydroxylamine groups is 1. The van der Waals surface area contributed by atoms with Crippen molar-refractivity contribution in [2.24, 2.45) is 0 Å². The molecule has 0 fully saturated rings. The minimum absolute atomic E-state index is 0.152. The molecule has 0 saturated carbocycles. The van der Waals surface area contributed by atoms with Gasteiger partial charge in [-0.2, -0.15) is 5.48 Å². The second kappa shape index (κ2) is 4.17. The first-order valence-corrected chi connectivity index (χ1v) is 5.20. The van der Waals surface area contributed by atoms with E-state index in [9.17, 15) is 0 Å². The van der Waals surface area contributed by atoms with Crippen LogP contribution in [0.3, 0.4) is 0 Å². The summed E-state index contributed by atoms with van der Waals surface area (Å²) in [5, 5.41) is 3.01. The molecule has 0 radical (unpaired) electrons. The third-order valence-corrected chi connectivity index (χ3v) is 2.32. The van der Waals surface area contributed by atoms with Crippen molar-refractivity contribution in [3.05, 3.63) is 16.6 Å². The number of hydrogen-bond acceptors (Lipinski definition) is 4. The van der Waals surface area contributed by atoms with E-state index >= 15 is 0 Å². The molecule has 74 valence electrons. The van der Waals surface area contributed by atoms with E-state index in [0.29, 0.717) is 0 Å². The smallest absolute Gasteiger partial charge is 0.112 e. The van der Waals surface area contributed by atoms with Crippen LogP contribution in [0.1, 0.15) is 38.7 Å². The lowest BCUT2D eigenvalue weighted by atomic mass is 10.2. The van der Waals surface area contributed by atoms with Crippen LogP contribution in [0, 0.1) is 0 Å². The van der Waals surface area contributed by atoms with E-state index in [0.717, 1.165) is 5.01 Å². The Bertz CT molecular complexity index is 241. The Balaban J connectivity index is 2.39. The van der Waals surface area contributed by atoms with Gasteiger partial charge in [-0.1, -0.05) is 0 Å². The molecule has 0 aromatic carbocycles. The fourth-order valence-corrected chi connectivity index (χ4v) is 1.40. The Labute approximate surface area is 83.1 Å². The van der Waals surface area contributed by atoms with E-state index in [1.807, 2.05) is 33.1 Å². The van der Waals surface area contributed by atoms with Crippen LogP contribution in [-0.2, 0) is 4.84 Å². The quantitative estimate of drug-likeness (QED) is 0.761. The largest absolute Gasteiger partial charge is 0.295 e. The lowest BCUT2D eigenvalue weighted by Gasteiger charge is -2.21. The fourth-order valence-electron chi connectivity index (χ4n) is 0.764. The number of rotatable bonds is 3. The summed E-state index contributed by atoms with van der Waals surface area (Å²) in [6.07, 6.45) is 1.80. The van der Waals surface area contributed by atoms with E-state index in [2.05, 4.69) is 10.5 Å². The van der Waals surface area contributed by atoms with Crippen molar-refractivity contribution in [3.63, 3.8) is 0 Å². The molecule has 1 unspecified atom stereocenters. The van der Waals surface area contributed by atoms with Gasteiger partial charge in [-0.3, -0.25) is 4.84 Å². The average Bonchev–Trinajstić information content (AvgIpc) is 2.50. The molecule has 1 N–H and O–H groups in total. The highest BCUT2D eigenvalue weighted by molar-refractivity contribution is 7.09. The minimum atomic E-state index is -0.161. The van der Waals surface area contributed by atoms with Gasteiger partial charge < -0.3 is 0 Å². The van der Waals surface area contributed by atoms with Gasteiger partial charge in [-0.25, -0.2) is 4.98 Å². The second-order valence-corrected chi connectivity index (χ2v) is 4.85. The molecule has 1 atom stereocenters. The lowest BCUT2D eigenvalue weighted by Crippen LogP contribution is -2.30. The van der Waals surface area contributed by atoms with Crippen molar-refractivity contribution in [2.45, 2.75) is 39.3 Å². The van der Waals surface area contributed by atoms with Crippen molar-refractivity contribution in [1.29, 1.82) is 0 Å². The number of nitrogens with one attached hydrogen (secondary N) is 1. The van der Waals surface area contributed by atoms with Crippen LogP contribution in [0.2, 0.25) is 0 Å². The molecule has 4 heteroatoms. The summed E-state index contributed by atoms with van der Waals surface area (Å²) in [6, 6.07) is 0.152. The van der Waals surface area contributed by atoms with Gasteiger partial charge in [-0.05, 0) is 27.7 Å². The summed E-state index contributed by atoms with van der Waals surface area (Å²) >= 11 is 1.63. The maximum absolute atomic E-state index is 5.43. The maximum Gasteiger partial charge on any atom is 0.112 e. The van der Waals surface area contributed by atoms with E-state index in [-0.39, 0.29) is 11.6 Å². The SMILES string of the molecule is CC(NOC(C)(C)C)c1nccs1. The van der Waals surface area contributed by atoms with Gasteiger partial charge in [0.15, 0.2) is 0 Å². The molecule has 0 aliphatic heterocycles. The number of nitrogens with zero attached hydrogens (tertiary/aromatic N) is 1. The Hall–Kier alpha value is -0.450. The molecule has 1 rings (SSSR count). The average molecular weight is 200 g/mol. The third kappa shape index (κ3) is 3.85. The normalized spacial score (nSPS) is 14.5. The van der Waals surface area contributed by atoms with Crippen LogP contribution >= 0.6 is 11.3 Å². The Morgan fingerprint density at radius 3 is 2.69 bits per heavy atom. The summed E-state index contributed by atoms with van der Waals surface area (Å²) in [7, 11) is 0. The minimum Gasteiger partial charge on any atom is -0.295 e. The standard InChI is InChI=1S/C9H16N2OS/c1-7(8-10-5-6-13-8)11-12-9(2,3)4/h5-7,11H,1-4H3. The van der Waals surface area contributed by atoms with Gasteiger partial charge in [0.25, 0.3) is 0 Å². The molecule has 1 aromatic rings. The molecule has 0 aliphatic carbocycles. The molecule has 1 heterocycles. The van der Waals surface area contributed by atoms with E-state index in [1.54, 1.807) is 17.5 Å². The molecule has 13 heavy (non-hydrogen) atoms. The lowest BCUT2D eigenvalue weighted by molar-refractivity contribution is -0.0866. The van der Waals surface area contributed by atoms with E-state index in [1.165, 1.54) is 0 Å². The van der Waals surface area contributed by atoms with Gasteiger partial charge in [0.1, 0.15) is 5.01 Å². The van der Waals surface area contributed by atoms with Gasteiger partial charge in [0.05, 0.1) is 11.6 Å². The van der Waals surface area contributed by atoms with Gasteiger partial charge in [-0.15, -0.1) is 11.3 Å². The first-order valence-electron chi connectivity index (χ1n) is 4.32. The molecule has 0 aliphatic rings. The monoisotopic (exact) mass is 200 g/mol. The first-order chi connectivity index (χ1) is 5.99. The maximum atomic E-state index is 5.43. The highest BCUT2D eigenvalue weighted by Crippen LogP contribution is 2.16. The number of thiazole rings is 1. The summed E-state index contributed by atoms with van der Waals surface area (Å²) in [5.41, 5.74) is 2.81. The number of aromatic nitrogens is 1. The Morgan fingerprint density at radius 2 is 2.23 bits per heavy atom. The van der Waals surface area contributed by atoms with E-state index < -0.39 is 0 Å². The van der Waals surface area contributed by atoms with Crippen LogP contribution < -0.4 is 5.48 Å². The topological polar surface area (TPSA) is 34.1 Å². The zero-order chi connectivity index (χ0) is 9.90. The van der Waals surface area contributed by atoms with Gasteiger partial charge in [0.2, 0.25) is 0 Å². The van der Waals surface area contributed by atoms with Gasteiger partial charge >= 0.3 is 0 Å². The van der Waals surface area contributed by atoms with Crippen LogP contribution in [-0.4, -0.2) is 10.6 Å². The molecule has 0 spiro atoms. The first kappa shape index (κ1) is 10.6. The highest BCUT2D eigenvalue weighted by atomic mass is 32.1. The molecular weight excluding hydrogens is 184 g/mol. The molecule has 0 amide bonds. The third-order valence-electron chi connectivity index (χ3n) is 1.36. The summed E-state index contributed by atoms with van der Waals surface area (Å²) in [4.78, 5) is 9.62. The van der Waals surface area contributed by atoms with Crippen LogP contribution in [0.4, 0.5) is 0 Å². The van der Waals surface area contributed by atoms with Crippen molar-refractivity contribution >= 4 is 11.3 Å². The van der Waals surface area contributed by atoms with Crippen molar-refractivity contribution in [3.8, 4) is 0 Å². The summed E-state index contributed by atoms with van der Waals surface area (Å²) in [5.74, 6) is 0. The predicted molar refractivity (Wildman–Crippen MR) is 54.5 cm³/mol. The van der Waals surface area contributed by atoms with Crippen molar-refractivity contribution < 1.29 is 4.84 Å². The highest BCUT2D eigenvalue weighted by Gasteiger charge is 2.14. The fraction of sp³-hybridized carbons (Fsp3) is 0.667. The molecule has 0 bridgehead atoms. The number of hydrogen-bond donors (Lipinski definition) is 1. The molecule has 0 saturated heterocycles. The van der Waals surface area contributed by atoms with E-state index in [4.69, 9.17) is 4.84 Å². The molecular formula is C9H16N2OS. The molecule has 3 nitrogen and oxygen atoms in total. The van der Waals surface area contributed by atoms with Crippen molar-refractivity contribution in [1.82, 2.24) is 10.5 Å².